The van der Waals surface area contributed by atoms with Crippen molar-refractivity contribution in [1.29, 1.82) is 0 Å². The van der Waals surface area contributed by atoms with Gasteiger partial charge in [-0.3, -0.25) is 4.98 Å². The van der Waals surface area contributed by atoms with Crippen LogP contribution < -0.4 is 4.90 Å². The van der Waals surface area contributed by atoms with Crippen LogP contribution in [0.5, 0.6) is 0 Å². The van der Waals surface area contributed by atoms with Crippen molar-refractivity contribution in [1.82, 2.24) is 4.98 Å². The monoisotopic (exact) mass is 206 g/mol. The molecule has 1 aliphatic rings. The lowest BCUT2D eigenvalue weighted by molar-refractivity contribution is 0.0378. The van der Waals surface area contributed by atoms with Crippen LogP contribution in [0.25, 0.3) is 0 Å². The lowest BCUT2D eigenvalue weighted by Crippen LogP contribution is -2.50. The van der Waals surface area contributed by atoms with E-state index < -0.39 is 5.60 Å². The molecule has 2 heterocycles. The quantitative estimate of drug-likeness (QED) is 0.761. The Balaban J connectivity index is 2.20. The number of nitrogens with zero attached hydrogens (tertiary/aromatic N) is 2. The summed E-state index contributed by atoms with van der Waals surface area (Å²) in [5, 5.41) is 10.1. The van der Waals surface area contributed by atoms with Crippen LogP contribution in [-0.2, 0) is 0 Å². The molecule has 82 valence electrons. The van der Waals surface area contributed by atoms with Gasteiger partial charge in [-0.15, -0.1) is 0 Å². The molecular formula is C12H18N2O. The van der Waals surface area contributed by atoms with Gasteiger partial charge in [0.15, 0.2) is 0 Å². The molecule has 0 aliphatic carbocycles. The highest BCUT2D eigenvalue weighted by atomic mass is 16.3. The summed E-state index contributed by atoms with van der Waals surface area (Å²) in [6.45, 7) is 4.80. The Labute approximate surface area is 90.8 Å². The van der Waals surface area contributed by atoms with Crippen molar-refractivity contribution in [3.63, 3.8) is 0 Å². The van der Waals surface area contributed by atoms with E-state index >= 15 is 0 Å². The maximum atomic E-state index is 10.1. The van der Waals surface area contributed by atoms with Crippen molar-refractivity contribution in [2.45, 2.75) is 38.3 Å². The van der Waals surface area contributed by atoms with Crippen LogP contribution in [0.2, 0.25) is 0 Å². The molecule has 3 nitrogen and oxygen atoms in total. The van der Waals surface area contributed by atoms with E-state index in [0.29, 0.717) is 12.6 Å². The van der Waals surface area contributed by atoms with Crippen LogP contribution >= 0.6 is 0 Å². The molecule has 0 saturated carbocycles. The number of pyridine rings is 1. The van der Waals surface area contributed by atoms with E-state index in [9.17, 15) is 5.11 Å². The summed E-state index contributed by atoms with van der Waals surface area (Å²) in [7, 11) is 0. The molecule has 0 amide bonds. The molecule has 0 spiro atoms. The fourth-order valence-electron chi connectivity index (χ4n) is 2.15. The third-order valence-electron chi connectivity index (χ3n) is 3.12. The highest BCUT2D eigenvalue weighted by Crippen LogP contribution is 2.28. The Bertz CT molecular complexity index is 324. The normalized spacial score (nSPS) is 31.7. The van der Waals surface area contributed by atoms with Gasteiger partial charge in [0.05, 0.1) is 17.5 Å². The Morgan fingerprint density at radius 3 is 3.07 bits per heavy atom. The molecule has 3 heteroatoms. The maximum absolute atomic E-state index is 10.1. The second-order valence-electron chi connectivity index (χ2n) is 4.72. The van der Waals surface area contributed by atoms with Crippen molar-refractivity contribution in [2.75, 3.05) is 11.4 Å². The minimum absolute atomic E-state index is 0.481. The molecule has 1 saturated heterocycles. The van der Waals surface area contributed by atoms with Crippen molar-refractivity contribution >= 4 is 5.69 Å². The van der Waals surface area contributed by atoms with Crippen LogP contribution in [0.15, 0.2) is 24.5 Å². The Morgan fingerprint density at radius 2 is 2.40 bits per heavy atom. The number of aromatic nitrogens is 1. The number of anilines is 1. The van der Waals surface area contributed by atoms with Gasteiger partial charge < -0.3 is 10.0 Å². The average molecular weight is 206 g/mol. The molecule has 1 N–H and O–H groups in total. The van der Waals surface area contributed by atoms with Crippen LogP contribution in [0, 0.1) is 0 Å². The molecule has 1 aliphatic heterocycles. The van der Waals surface area contributed by atoms with Crippen molar-refractivity contribution in [3.05, 3.63) is 24.5 Å². The minimum atomic E-state index is -0.567. The first kappa shape index (κ1) is 10.4. The first-order valence-electron chi connectivity index (χ1n) is 5.47. The number of aliphatic hydroxyl groups is 1. The van der Waals surface area contributed by atoms with E-state index in [-0.39, 0.29) is 0 Å². The predicted molar refractivity (Wildman–Crippen MR) is 60.9 cm³/mol. The number of β-amino-alcohol motifs (C(OH)–C–C–N with tert-alkyl or cyclic N) is 1. The van der Waals surface area contributed by atoms with Gasteiger partial charge in [-0.25, -0.2) is 0 Å². The summed E-state index contributed by atoms with van der Waals surface area (Å²) in [6, 6.07) is 4.46. The van der Waals surface area contributed by atoms with Gasteiger partial charge in [-0.1, -0.05) is 0 Å². The Kier molecular flexibility index (Phi) is 2.65. The van der Waals surface area contributed by atoms with Crippen LogP contribution in [-0.4, -0.2) is 28.3 Å². The number of piperidine rings is 1. The second-order valence-corrected chi connectivity index (χ2v) is 4.72. The fourth-order valence-corrected chi connectivity index (χ4v) is 2.15. The van der Waals surface area contributed by atoms with Crippen LogP contribution in [0.3, 0.4) is 0 Å². The zero-order chi connectivity index (χ0) is 10.9. The van der Waals surface area contributed by atoms with Gasteiger partial charge in [-0.2, -0.15) is 0 Å². The zero-order valence-corrected chi connectivity index (χ0v) is 9.35. The molecular weight excluding hydrogens is 188 g/mol. The summed E-state index contributed by atoms with van der Waals surface area (Å²) in [4.78, 5) is 6.35. The van der Waals surface area contributed by atoms with E-state index in [1.54, 1.807) is 6.20 Å². The van der Waals surface area contributed by atoms with Gasteiger partial charge in [0.2, 0.25) is 0 Å². The van der Waals surface area contributed by atoms with Crippen molar-refractivity contribution in [3.8, 4) is 0 Å². The van der Waals surface area contributed by atoms with E-state index in [2.05, 4.69) is 16.8 Å². The molecule has 2 atom stereocenters. The number of hydrogen-bond donors (Lipinski definition) is 1. The molecule has 1 aromatic rings. The zero-order valence-electron chi connectivity index (χ0n) is 9.35. The van der Waals surface area contributed by atoms with E-state index in [1.807, 2.05) is 25.3 Å². The van der Waals surface area contributed by atoms with Gasteiger partial charge >= 0.3 is 0 Å². The smallest absolute Gasteiger partial charge is 0.0794 e. The van der Waals surface area contributed by atoms with Gasteiger partial charge in [-0.05, 0) is 38.8 Å². The topological polar surface area (TPSA) is 36.4 Å². The van der Waals surface area contributed by atoms with Crippen LogP contribution in [0.1, 0.15) is 26.7 Å². The molecule has 1 fully saturated rings. The number of rotatable bonds is 1. The van der Waals surface area contributed by atoms with Crippen molar-refractivity contribution in [2.24, 2.45) is 0 Å². The summed E-state index contributed by atoms with van der Waals surface area (Å²) in [5.41, 5.74) is 0.535. The first-order chi connectivity index (χ1) is 7.08. The highest BCUT2D eigenvalue weighted by molar-refractivity contribution is 5.45. The average Bonchev–Trinajstić information content (AvgIpc) is 2.23. The molecule has 1 aromatic heterocycles. The van der Waals surface area contributed by atoms with Gasteiger partial charge in [0, 0.05) is 18.8 Å². The van der Waals surface area contributed by atoms with Gasteiger partial charge in [0.1, 0.15) is 0 Å². The van der Waals surface area contributed by atoms with E-state index in [0.717, 1.165) is 18.5 Å². The molecule has 2 rings (SSSR count). The largest absolute Gasteiger partial charge is 0.388 e. The van der Waals surface area contributed by atoms with Crippen LogP contribution in [0.4, 0.5) is 5.69 Å². The Hall–Kier alpha value is -1.09. The molecule has 0 radical (unpaired) electrons. The second kappa shape index (κ2) is 3.81. The summed E-state index contributed by atoms with van der Waals surface area (Å²) in [6.07, 6.45) is 5.54. The lowest BCUT2D eigenvalue weighted by Gasteiger charge is -2.42. The lowest BCUT2D eigenvalue weighted by atomic mass is 9.90. The summed E-state index contributed by atoms with van der Waals surface area (Å²) >= 11 is 0. The first-order valence-corrected chi connectivity index (χ1v) is 5.47. The summed E-state index contributed by atoms with van der Waals surface area (Å²) in [5.74, 6) is 0. The van der Waals surface area contributed by atoms with Crippen molar-refractivity contribution < 1.29 is 5.11 Å². The predicted octanol–water partition coefficient (Wildman–Crippen LogP) is 1.82. The SMILES string of the molecule is C[C@H]1CC[C@@](C)(O)CN1c1cccnc1. The molecule has 0 unspecified atom stereocenters. The van der Waals surface area contributed by atoms with Gasteiger partial charge in [0.25, 0.3) is 0 Å². The van der Waals surface area contributed by atoms with E-state index in [4.69, 9.17) is 0 Å². The number of hydrogen-bond acceptors (Lipinski definition) is 3. The standard InChI is InChI=1S/C12H18N2O/c1-10-5-6-12(2,15)9-14(10)11-4-3-7-13-8-11/h3-4,7-8,10,15H,5-6,9H2,1-2H3/t10-,12+/m0/s1. The summed E-state index contributed by atoms with van der Waals surface area (Å²) < 4.78 is 0. The molecule has 15 heavy (non-hydrogen) atoms. The fraction of sp³-hybridized carbons (Fsp3) is 0.583. The van der Waals surface area contributed by atoms with E-state index in [1.165, 1.54) is 0 Å². The third kappa shape index (κ3) is 2.29. The maximum Gasteiger partial charge on any atom is 0.0794 e. The Morgan fingerprint density at radius 1 is 1.60 bits per heavy atom. The molecule has 0 aromatic carbocycles. The third-order valence-corrected chi connectivity index (χ3v) is 3.12. The molecule has 0 bridgehead atoms. The minimum Gasteiger partial charge on any atom is -0.388 e. The highest BCUT2D eigenvalue weighted by Gasteiger charge is 2.32.